The molecule has 1 heterocycles. The quantitative estimate of drug-likeness (QED) is 0.626. The highest BCUT2D eigenvalue weighted by Crippen LogP contribution is 2.17. The number of nitrogens with one attached hydrogen (secondary N) is 3. The molecule has 0 bridgehead atoms. The van der Waals surface area contributed by atoms with Gasteiger partial charge < -0.3 is 20.7 Å². The van der Waals surface area contributed by atoms with Crippen molar-refractivity contribution >= 4 is 11.8 Å². The smallest absolute Gasteiger partial charge is 0.255 e. The third-order valence-corrected chi connectivity index (χ3v) is 3.72. The Bertz CT molecular complexity index is 528. The summed E-state index contributed by atoms with van der Waals surface area (Å²) in [5, 5.41) is 9.04. The molecule has 3 N–H and O–H groups in total. The molecule has 0 radical (unpaired) electrons. The zero-order valence-electron chi connectivity index (χ0n) is 13.6. The maximum Gasteiger partial charge on any atom is 0.255 e. The van der Waals surface area contributed by atoms with E-state index in [1.807, 2.05) is 13.0 Å². The van der Waals surface area contributed by atoms with Crippen molar-refractivity contribution < 1.29 is 14.3 Å². The first kappa shape index (κ1) is 17.3. The van der Waals surface area contributed by atoms with Gasteiger partial charge in [-0.3, -0.25) is 9.59 Å². The number of hydrogen-bond acceptors (Lipinski definition) is 4. The van der Waals surface area contributed by atoms with E-state index in [0.717, 1.165) is 19.5 Å². The van der Waals surface area contributed by atoms with E-state index in [-0.39, 0.29) is 17.9 Å². The Balaban J connectivity index is 1.69. The maximum absolute atomic E-state index is 12.2. The summed E-state index contributed by atoms with van der Waals surface area (Å²) in [6, 6.07) is 7.40. The van der Waals surface area contributed by atoms with E-state index in [9.17, 15) is 9.59 Å². The third-order valence-electron chi connectivity index (χ3n) is 3.72. The molecular formula is C17H25N3O3. The molecule has 1 fully saturated rings. The van der Waals surface area contributed by atoms with Gasteiger partial charge in [-0.15, -0.1) is 0 Å². The highest BCUT2D eigenvalue weighted by molar-refractivity contribution is 5.96. The number of hydrogen-bond donors (Lipinski definition) is 3. The molecule has 0 aliphatic carbocycles. The molecule has 1 aromatic carbocycles. The lowest BCUT2D eigenvalue weighted by atomic mass is 10.2. The molecule has 0 spiro atoms. The van der Waals surface area contributed by atoms with Crippen molar-refractivity contribution in [2.45, 2.75) is 32.2 Å². The minimum atomic E-state index is -0.172. The fraction of sp³-hybridized carbons (Fsp3) is 0.529. The Morgan fingerprint density at radius 2 is 2.17 bits per heavy atom. The molecule has 1 unspecified atom stereocenters. The number of ether oxygens (including phenoxy) is 1. The van der Waals surface area contributed by atoms with Crippen LogP contribution in [0.2, 0.25) is 0 Å². The molecule has 126 valence electrons. The summed E-state index contributed by atoms with van der Waals surface area (Å²) in [5.41, 5.74) is 0.524. The number of carbonyl (C=O) groups excluding carboxylic acids is 2. The number of benzene rings is 1. The second-order valence-corrected chi connectivity index (χ2v) is 5.55. The molecule has 0 saturated carbocycles. The van der Waals surface area contributed by atoms with Crippen LogP contribution in [0.3, 0.4) is 0 Å². The largest absolute Gasteiger partial charge is 0.493 e. The van der Waals surface area contributed by atoms with Crippen molar-refractivity contribution in [3.63, 3.8) is 0 Å². The first-order chi connectivity index (χ1) is 11.2. The van der Waals surface area contributed by atoms with Crippen molar-refractivity contribution in [3.05, 3.63) is 29.8 Å². The zero-order valence-corrected chi connectivity index (χ0v) is 13.6. The minimum Gasteiger partial charge on any atom is -0.493 e. The van der Waals surface area contributed by atoms with Gasteiger partial charge in [0.25, 0.3) is 5.91 Å². The van der Waals surface area contributed by atoms with Crippen molar-refractivity contribution in [1.82, 2.24) is 16.0 Å². The lowest BCUT2D eigenvalue weighted by molar-refractivity contribution is -0.121. The lowest BCUT2D eigenvalue weighted by Crippen LogP contribution is -2.36. The third kappa shape index (κ3) is 5.56. The van der Waals surface area contributed by atoms with Crippen LogP contribution in [0.1, 0.15) is 36.5 Å². The Morgan fingerprint density at radius 1 is 1.35 bits per heavy atom. The fourth-order valence-corrected chi connectivity index (χ4v) is 2.56. The van der Waals surface area contributed by atoms with Crippen molar-refractivity contribution in [2.24, 2.45) is 0 Å². The summed E-state index contributed by atoms with van der Waals surface area (Å²) in [6.45, 7) is 4.67. The molecule has 1 aliphatic heterocycles. The molecule has 2 rings (SSSR count). The molecule has 1 saturated heterocycles. The van der Waals surface area contributed by atoms with E-state index < -0.39 is 0 Å². The summed E-state index contributed by atoms with van der Waals surface area (Å²) >= 11 is 0. The van der Waals surface area contributed by atoms with Crippen LogP contribution >= 0.6 is 0 Å². The van der Waals surface area contributed by atoms with E-state index in [1.54, 1.807) is 18.2 Å². The first-order valence-corrected chi connectivity index (χ1v) is 8.20. The van der Waals surface area contributed by atoms with E-state index in [2.05, 4.69) is 16.0 Å². The highest BCUT2D eigenvalue weighted by Gasteiger charge is 2.16. The van der Waals surface area contributed by atoms with Gasteiger partial charge in [0.1, 0.15) is 5.75 Å². The highest BCUT2D eigenvalue weighted by atomic mass is 16.5. The Hall–Kier alpha value is -2.08. The van der Waals surface area contributed by atoms with Crippen molar-refractivity contribution in [3.8, 4) is 5.75 Å². The first-order valence-electron chi connectivity index (χ1n) is 8.20. The van der Waals surface area contributed by atoms with Gasteiger partial charge in [-0.1, -0.05) is 12.1 Å². The van der Waals surface area contributed by atoms with Crippen LogP contribution < -0.4 is 20.7 Å². The summed E-state index contributed by atoms with van der Waals surface area (Å²) in [4.78, 5) is 23.9. The number of rotatable bonds is 8. The van der Waals surface area contributed by atoms with Gasteiger partial charge in [0.2, 0.25) is 5.91 Å². The second-order valence-electron chi connectivity index (χ2n) is 5.55. The predicted octanol–water partition coefficient (Wildman–Crippen LogP) is 1.07. The Morgan fingerprint density at radius 3 is 2.91 bits per heavy atom. The molecule has 6 nitrogen and oxygen atoms in total. The van der Waals surface area contributed by atoms with Gasteiger partial charge >= 0.3 is 0 Å². The molecule has 1 aromatic rings. The average Bonchev–Trinajstić information content (AvgIpc) is 3.05. The summed E-state index contributed by atoms with van der Waals surface area (Å²) in [7, 11) is 0. The van der Waals surface area contributed by atoms with Crippen molar-refractivity contribution in [1.29, 1.82) is 0 Å². The minimum absolute atomic E-state index is 0.0441. The van der Waals surface area contributed by atoms with Crippen LogP contribution in [0.5, 0.6) is 5.75 Å². The predicted molar refractivity (Wildman–Crippen MR) is 88.6 cm³/mol. The lowest BCUT2D eigenvalue weighted by Gasteiger charge is -2.12. The zero-order chi connectivity index (χ0) is 16.5. The van der Waals surface area contributed by atoms with Gasteiger partial charge in [0.15, 0.2) is 0 Å². The van der Waals surface area contributed by atoms with Gasteiger partial charge in [-0.05, 0) is 38.4 Å². The molecule has 0 aromatic heterocycles. The van der Waals surface area contributed by atoms with Crippen LogP contribution in [0.15, 0.2) is 24.3 Å². The van der Waals surface area contributed by atoms with Crippen LogP contribution in [-0.4, -0.2) is 44.1 Å². The Kier molecular flexibility index (Phi) is 6.87. The number of amides is 2. The molecule has 23 heavy (non-hydrogen) atoms. The number of carbonyl (C=O) groups is 2. The topological polar surface area (TPSA) is 79.5 Å². The SMILES string of the molecule is CCOc1ccccc1C(=O)NCCCC(=O)NC1CCNC1. The fourth-order valence-electron chi connectivity index (χ4n) is 2.56. The normalized spacial score (nSPS) is 16.8. The van der Waals surface area contributed by atoms with Crippen LogP contribution in [0, 0.1) is 0 Å². The summed E-state index contributed by atoms with van der Waals surface area (Å²) < 4.78 is 5.45. The average molecular weight is 319 g/mol. The van der Waals surface area contributed by atoms with Crippen LogP contribution in [-0.2, 0) is 4.79 Å². The molecular weight excluding hydrogens is 294 g/mol. The van der Waals surface area contributed by atoms with Crippen LogP contribution in [0.4, 0.5) is 0 Å². The van der Waals surface area contributed by atoms with E-state index in [1.165, 1.54) is 0 Å². The van der Waals surface area contributed by atoms with Gasteiger partial charge in [0.05, 0.1) is 12.2 Å². The van der Waals surface area contributed by atoms with Gasteiger partial charge in [0, 0.05) is 25.6 Å². The molecule has 1 atom stereocenters. The van der Waals surface area contributed by atoms with E-state index in [0.29, 0.717) is 37.3 Å². The Labute approximate surface area is 137 Å². The van der Waals surface area contributed by atoms with Crippen molar-refractivity contribution in [2.75, 3.05) is 26.2 Å². The maximum atomic E-state index is 12.2. The molecule has 2 amide bonds. The summed E-state index contributed by atoms with van der Waals surface area (Å²) in [5.74, 6) is 0.455. The van der Waals surface area contributed by atoms with E-state index in [4.69, 9.17) is 4.74 Å². The van der Waals surface area contributed by atoms with E-state index >= 15 is 0 Å². The second kappa shape index (κ2) is 9.15. The van der Waals surface area contributed by atoms with Gasteiger partial charge in [-0.2, -0.15) is 0 Å². The number of para-hydroxylation sites is 1. The monoisotopic (exact) mass is 319 g/mol. The van der Waals surface area contributed by atoms with Gasteiger partial charge in [-0.25, -0.2) is 0 Å². The molecule has 1 aliphatic rings. The van der Waals surface area contributed by atoms with Crippen LogP contribution in [0.25, 0.3) is 0 Å². The molecule has 6 heteroatoms. The summed E-state index contributed by atoms with van der Waals surface area (Å²) in [6.07, 6.45) is 2.02. The standard InChI is InChI=1S/C17H25N3O3/c1-2-23-15-7-4-3-6-14(15)17(22)19-10-5-8-16(21)20-13-9-11-18-12-13/h3-4,6-7,13,18H,2,5,8-12H2,1H3,(H,19,22)(H,20,21).